The van der Waals surface area contributed by atoms with Gasteiger partial charge in [-0.15, -0.1) is 5.10 Å². The van der Waals surface area contributed by atoms with Crippen LogP contribution in [-0.4, -0.2) is 15.0 Å². The van der Waals surface area contributed by atoms with Gasteiger partial charge in [-0.25, -0.2) is 9.07 Å². The number of benzene rings is 2. The third-order valence-corrected chi connectivity index (χ3v) is 3.87. The molecule has 0 saturated carbocycles. The summed E-state index contributed by atoms with van der Waals surface area (Å²) in [4.78, 5) is 12.3. The van der Waals surface area contributed by atoms with Crippen LogP contribution in [0.3, 0.4) is 0 Å². The van der Waals surface area contributed by atoms with Crippen LogP contribution in [0.2, 0.25) is 0 Å². The maximum absolute atomic E-state index is 13.5. The van der Waals surface area contributed by atoms with Crippen molar-refractivity contribution in [2.45, 2.75) is 6.54 Å². The van der Waals surface area contributed by atoms with E-state index in [2.05, 4.69) is 26.2 Å². The van der Waals surface area contributed by atoms with Gasteiger partial charge < -0.3 is 0 Å². The SMILES string of the molecule is O=c1c2ccccc2nnn1Cc1cccc(F)c1Br. The van der Waals surface area contributed by atoms with Crippen molar-refractivity contribution in [3.63, 3.8) is 0 Å². The highest BCUT2D eigenvalue weighted by atomic mass is 79.9. The second-order valence-electron chi connectivity index (χ2n) is 4.28. The predicted molar refractivity (Wildman–Crippen MR) is 77.0 cm³/mol. The number of halogens is 2. The van der Waals surface area contributed by atoms with Crippen LogP contribution < -0.4 is 5.56 Å². The molecule has 3 rings (SSSR count). The Morgan fingerprint density at radius 1 is 1.15 bits per heavy atom. The van der Waals surface area contributed by atoms with Gasteiger partial charge in [0.15, 0.2) is 0 Å². The van der Waals surface area contributed by atoms with Crippen LogP contribution in [0.5, 0.6) is 0 Å². The summed E-state index contributed by atoms with van der Waals surface area (Å²) in [5, 5.41) is 8.37. The first kappa shape index (κ1) is 12.9. The Labute approximate surface area is 122 Å². The molecule has 0 unspecified atom stereocenters. The summed E-state index contributed by atoms with van der Waals surface area (Å²) in [7, 11) is 0. The summed E-state index contributed by atoms with van der Waals surface area (Å²) < 4.78 is 15.0. The average Bonchev–Trinajstić information content (AvgIpc) is 2.47. The molecule has 20 heavy (non-hydrogen) atoms. The highest BCUT2D eigenvalue weighted by Gasteiger charge is 2.09. The van der Waals surface area contributed by atoms with E-state index in [1.54, 1.807) is 36.4 Å². The minimum atomic E-state index is -0.371. The fraction of sp³-hybridized carbons (Fsp3) is 0.0714. The van der Waals surface area contributed by atoms with Gasteiger partial charge in [-0.1, -0.05) is 29.5 Å². The lowest BCUT2D eigenvalue weighted by Crippen LogP contribution is -2.25. The van der Waals surface area contributed by atoms with E-state index in [1.165, 1.54) is 10.7 Å². The minimum absolute atomic E-state index is 0.162. The van der Waals surface area contributed by atoms with Gasteiger partial charge in [0.25, 0.3) is 5.56 Å². The normalized spacial score (nSPS) is 10.9. The molecule has 0 aliphatic carbocycles. The first-order valence-electron chi connectivity index (χ1n) is 5.92. The Morgan fingerprint density at radius 3 is 2.80 bits per heavy atom. The number of hydrogen-bond donors (Lipinski definition) is 0. The lowest BCUT2D eigenvalue weighted by molar-refractivity contribution is 0.585. The number of nitrogens with zero attached hydrogens (tertiary/aromatic N) is 3. The van der Waals surface area contributed by atoms with Crippen LogP contribution in [0.1, 0.15) is 5.56 Å². The van der Waals surface area contributed by atoms with Gasteiger partial charge in [0, 0.05) is 0 Å². The molecule has 0 bridgehead atoms. The second-order valence-corrected chi connectivity index (χ2v) is 5.08. The van der Waals surface area contributed by atoms with Crippen molar-refractivity contribution >= 4 is 26.8 Å². The molecule has 4 nitrogen and oxygen atoms in total. The zero-order chi connectivity index (χ0) is 14.1. The highest BCUT2D eigenvalue weighted by Crippen LogP contribution is 2.20. The Morgan fingerprint density at radius 2 is 1.95 bits per heavy atom. The molecule has 0 aliphatic heterocycles. The molecule has 0 saturated heterocycles. The van der Waals surface area contributed by atoms with Crippen molar-refractivity contribution < 1.29 is 4.39 Å². The molecule has 1 heterocycles. The van der Waals surface area contributed by atoms with Gasteiger partial charge in [-0.05, 0) is 39.7 Å². The van der Waals surface area contributed by atoms with E-state index in [4.69, 9.17) is 0 Å². The Balaban J connectivity index is 2.10. The largest absolute Gasteiger partial charge is 0.277 e. The second kappa shape index (κ2) is 5.13. The number of rotatable bonds is 2. The van der Waals surface area contributed by atoms with Crippen molar-refractivity contribution in [2.24, 2.45) is 0 Å². The quantitative estimate of drug-likeness (QED) is 0.724. The zero-order valence-corrected chi connectivity index (χ0v) is 11.8. The first-order valence-corrected chi connectivity index (χ1v) is 6.71. The number of hydrogen-bond acceptors (Lipinski definition) is 3. The van der Waals surface area contributed by atoms with Crippen molar-refractivity contribution in [1.82, 2.24) is 15.0 Å². The number of aromatic nitrogens is 3. The summed E-state index contributed by atoms with van der Waals surface area (Å²) >= 11 is 3.17. The molecule has 1 aromatic heterocycles. The third-order valence-electron chi connectivity index (χ3n) is 2.98. The fourth-order valence-corrected chi connectivity index (χ4v) is 2.35. The lowest BCUT2D eigenvalue weighted by Gasteiger charge is -2.07. The maximum atomic E-state index is 13.5. The van der Waals surface area contributed by atoms with E-state index in [1.807, 2.05) is 0 Å². The monoisotopic (exact) mass is 333 g/mol. The zero-order valence-electron chi connectivity index (χ0n) is 10.3. The molecule has 0 N–H and O–H groups in total. The van der Waals surface area contributed by atoms with Crippen molar-refractivity contribution in [2.75, 3.05) is 0 Å². The number of fused-ring (bicyclic) bond motifs is 1. The topological polar surface area (TPSA) is 47.8 Å². The van der Waals surface area contributed by atoms with E-state index >= 15 is 0 Å². The van der Waals surface area contributed by atoms with E-state index in [9.17, 15) is 9.18 Å². The van der Waals surface area contributed by atoms with E-state index in [0.29, 0.717) is 20.9 Å². The van der Waals surface area contributed by atoms with Crippen LogP contribution >= 0.6 is 15.9 Å². The summed E-state index contributed by atoms with van der Waals surface area (Å²) in [6.45, 7) is 0.162. The molecular formula is C14H9BrFN3O. The Bertz CT molecular complexity index is 847. The maximum Gasteiger partial charge on any atom is 0.277 e. The van der Waals surface area contributed by atoms with Crippen molar-refractivity contribution in [1.29, 1.82) is 0 Å². The van der Waals surface area contributed by atoms with Crippen molar-refractivity contribution in [3.05, 3.63) is 68.7 Å². The lowest BCUT2D eigenvalue weighted by atomic mass is 10.2. The van der Waals surface area contributed by atoms with Gasteiger partial charge >= 0.3 is 0 Å². The molecule has 100 valence electrons. The molecule has 0 spiro atoms. The molecule has 0 fully saturated rings. The van der Waals surface area contributed by atoms with Crippen LogP contribution in [-0.2, 0) is 6.54 Å². The summed E-state index contributed by atoms with van der Waals surface area (Å²) in [5.41, 5.74) is 0.940. The van der Waals surface area contributed by atoms with E-state index in [0.717, 1.165) is 0 Å². The smallest absolute Gasteiger partial charge is 0.267 e. The van der Waals surface area contributed by atoms with Gasteiger partial charge in [-0.3, -0.25) is 4.79 Å². The molecule has 3 aromatic rings. The first-order chi connectivity index (χ1) is 9.66. The molecule has 6 heteroatoms. The van der Waals surface area contributed by atoms with E-state index in [-0.39, 0.29) is 17.9 Å². The van der Waals surface area contributed by atoms with Crippen LogP contribution in [0.15, 0.2) is 51.7 Å². The van der Waals surface area contributed by atoms with Gasteiger partial charge in [-0.2, -0.15) is 0 Å². The third kappa shape index (κ3) is 2.22. The van der Waals surface area contributed by atoms with Gasteiger partial charge in [0.1, 0.15) is 11.3 Å². The van der Waals surface area contributed by atoms with Gasteiger partial charge in [0.2, 0.25) is 0 Å². The molecule has 0 aliphatic rings. The molecule has 0 amide bonds. The molecular weight excluding hydrogens is 325 g/mol. The van der Waals surface area contributed by atoms with Crippen molar-refractivity contribution in [3.8, 4) is 0 Å². The van der Waals surface area contributed by atoms with Crippen LogP contribution in [0.4, 0.5) is 4.39 Å². The molecule has 0 atom stereocenters. The van der Waals surface area contributed by atoms with Gasteiger partial charge in [0.05, 0.1) is 16.4 Å². The summed E-state index contributed by atoms with van der Waals surface area (Å²) in [5.74, 6) is -0.371. The average molecular weight is 334 g/mol. The van der Waals surface area contributed by atoms with Crippen LogP contribution in [0, 0.1) is 5.82 Å². The molecule has 0 radical (unpaired) electrons. The summed E-state index contributed by atoms with van der Waals surface area (Å²) in [6.07, 6.45) is 0. The molecule has 2 aromatic carbocycles. The van der Waals surface area contributed by atoms with E-state index < -0.39 is 0 Å². The Kier molecular flexibility index (Phi) is 3.31. The predicted octanol–water partition coefficient (Wildman–Crippen LogP) is 2.74. The Hall–Kier alpha value is -2.08. The fourth-order valence-electron chi connectivity index (χ4n) is 1.96. The van der Waals surface area contributed by atoms with Crippen LogP contribution in [0.25, 0.3) is 10.9 Å². The summed E-state index contributed by atoms with van der Waals surface area (Å²) in [6, 6.07) is 11.7. The minimum Gasteiger partial charge on any atom is -0.267 e. The highest BCUT2D eigenvalue weighted by molar-refractivity contribution is 9.10. The standard InChI is InChI=1S/C14H9BrFN3O/c15-13-9(4-3-6-11(13)16)8-19-14(20)10-5-1-2-7-12(10)17-18-19/h1-7H,8H2.